The molecule has 2 aromatic heterocycles. The normalized spacial score (nSPS) is 20.6. The van der Waals surface area contributed by atoms with Gasteiger partial charge in [0.15, 0.2) is 0 Å². The number of halogens is 1. The molecule has 1 saturated heterocycles. The van der Waals surface area contributed by atoms with Crippen LogP contribution in [0.15, 0.2) is 21.5 Å². The first kappa shape index (κ1) is 19.6. The molecule has 1 N–H and O–H groups in total. The highest BCUT2D eigenvalue weighted by atomic mass is 35.5. The minimum atomic E-state index is -0.265. The smallest absolute Gasteiger partial charge is 0.263 e. The number of aromatic nitrogens is 2. The molecule has 2 bridgehead atoms. The third kappa shape index (κ3) is 3.41. The highest BCUT2D eigenvalue weighted by Crippen LogP contribution is 2.31. The van der Waals surface area contributed by atoms with Gasteiger partial charge in [0, 0.05) is 37.3 Å². The van der Waals surface area contributed by atoms with Crippen molar-refractivity contribution in [1.29, 1.82) is 0 Å². The van der Waals surface area contributed by atoms with Crippen LogP contribution in [0.25, 0.3) is 0 Å². The zero-order valence-corrected chi connectivity index (χ0v) is 16.6. The molecule has 0 radical (unpaired) electrons. The summed E-state index contributed by atoms with van der Waals surface area (Å²) < 4.78 is 6.98. The lowest BCUT2D eigenvalue weighted by atomic mass is 9.84. The van der Waals surface area contributed by atoms with Gasteiger partial charge in [-0.05, 0) is 44.9 Å². The lowest BCUT2D eigenvalue weighted by Gasteiger charge is -2.37. The van der Waals surface area contributed by atoms with Gasteiger partial charge in [-0.25, -0.2) is 0 Å². The van der Waals surface area contributed by atoms with Gasteiger partial charge < -0.3 is 19.3 Å². The Morgan fingerprint density at radius 1 is 1.37 bits per heavy atom. The molecule has 0 aromatic carbocycles. The molecular formula is C19H25ClN4O3. The van der Waals surface area contributed by atoms with Crippen LogP contribution in [0.5, 0.6) is 0 Å². The Labute approximate surface area is 164 Å². The quantitative estimate of drug-likeness (QED) is 0.862. The minimum absolute atomic E-state index is 0. The molecule has 0 saturated carbocycles. The number of fused-ring (bicyclic) bond motifs is 4. The molecule has 8 heteroatoms. The molecular weight excluding hydrogens is 368 g/mol. The number of amides is 1. The van der Waals surface area contributed by atoms with Gasteiger partial charge in [-0.15, -0.1) is 12.4 Å². The standard InChI is InChI=1S/C19H24N4O3.ClH/c1-11-16(12(2)26-21-11)10-22(3)18(24)15-4-5-17-14-6-13(7-20-8-14)9-23(17)19(15)25;/h4-5,13-14,20H,6-10H2,1-3H3;1H/t13-,14+;/m0./s1. The maximum atomic E-state index is 13.0. The first-order chi connectivity index (χ1) is 12.5. The molecule has 2 atom stereocenters. The second-order valence-corrected chi connectivity index (χ2v) is 7.51. The van der Waals surface area contributed by atoms with Crippen molar-refractivity contribution in [3.8, 4) is 0 Å². The van der Waals surface area contributed by atoms with Crippen LogP contribution < -0.4 is 10.9 Å². The van der Waals surface area contributed by atoms with Crippen molar-refractivity contribution < 1.29 is 9.32 Å². The number of piperidine rings is 1. The number of pyridine rings is 1. The Morgan fingerprint density at radius 2 is 2.15 bits per heavy atom. The molecule has 2 aromatic rings. The van der Waals surface area contributed by atoms with Gasteiger partial charge in [-0.3, -0.25) is 9.59 Å². The molecule has 1 fully saturated rings. The Balaban J connectivity index is 0.00000210. The van der Waals surface area contributed by atoms with E-state index in [2.05, 4.69) is 10.5 Å². The predicted octanol–water partition coefficient (Wildman–Crippen LogP) is 1.85. The molecule has 146 valence electrons. The Bertz CT molecular complexity index is 901. The lowest BCUT2D eigenvalue weighted by Crippen LogP contribution is -2.46. The van der Waals surface area contributed by atoms with Crippen LogP contribution in [0.3, 0.4) is 0 Å². The maximum absolute atomic E-state index is 13.0. The van der Waals surface area contributed by atoms with E-state index in [1.165, 1.54) is 0 Å². The average molecular weight is 393 g/mol. The summed E-state index contributed by atoms with van der Waals surface area (Å²) in [5.41, 5.74) is 2.76. The maximum Gasteiger partial charge on any atom is 0.263 e. The summed E-state index contributed by atoms with van der Waals surface area (Å²) in [7, 11) is 1.70. The molecule has 7 nitrogen and oxygen atoms in total. The number of aryl methyl sites for hydroxylation is 2. The minimum Gasteiger partial charge on any atom is -0.361 e. The van der Waals surface area contributed by atoms with E-state index < -0.39 is 0 Å². The summed E-state index contributed by atoms with van der Waals surface area (Å²) in [4.78, 5) is 27.4. The van der Waals surface area contributed by atoms with Crippen molar-refractivity contribution in [2.75, 3.05) is 20.1 Å². The van der Waals surface area contributed by atoms with Crippen LogP contribution >= 0.6 is 12.4 Å². The first-order valence-electron chi connectivity index (χ1n) is 9.07. The lowest BCUT2D eigenvalue weighted by molar-refractivity contribution is 0.0781. The van der Waals surface area contributed by atoms with Crippen LogP contribution in [0.4, 0.5) is 0 Å². The van der Waals surface area contributed by atoms with E-state index in [1.54, 1.807) is 18.0 Å². The number of nitrogens with one attached hydrogen (secondary N) is 1. The van der Waals surface area contributed by atoms with Gasteiger partial charge in [-0.1, -0.05) is 5.16 Å². The monoisotopic (exact) mass is 392 g/mol. The number of rotatable bonds is 3. The van der Waals surface area contributed by atoms with Crippen molar-refractivity contribution >= 4 is 18.3 Å². The van der Waals surface area contributed by atoms with E-state index in [9.17, 15) is 9.59 Å². The van der Waals surface area contributed by atoms with Gasteiger partial charge in [0.25, 0.3) is 11.5 Å². The zero-order valence-electron chi connectivity index (χ0n) is 15.8. The Hall–Kier alpha value is -2.12. The van der Waals surface area contributed by atoms with Gasteiger partial charge >= 0.3 is 0 Å². The van der Waals surface area contributed by atoms with Gasteiger partial charge in [0.2, 0.25) is 0 Å². The zero-order chi connectivity index (χ0) is 18.4. The van der Waals surface area contributed by atoms with E-state index in [1.807, 2.05) is 24.5 Å². The number of hydrogen-bond acceptors (Lipinski definition) is 5. The summed E-state index contributed by atoms with van der Waals surface area (Å²) in [6.45, 7) is 6.57. The second kappa shape index (κ2) is 7.48. The molecule has 2 aliphatic rings. The van der Waals surface area contributed by atoms with Gasteiger partial charge in [-0.2, -0.15) is 0 Å². The average Bonchev–Trinajstić information content (AvgIpc) is 2.94. The van der Waals surface area contributed by atoms with Crippen LogP contribution in [0.2, 0.25) is 0 Å². The van der Waals surface area contributed by atoms with Crippen molar-refractivity contribution in [3.05, 3.63) is 50.8 Å². The highest BCUT2D eigenvalue weighted by molar-refractivity contribution is 5.93. The summed E-state index contributed by atoms with van der Waals surface area (Å²) in [6.07, 6.45) is 1.12. The third-order valence-electron chi connectivity index (χ3n) is 5.66. The summed E-state index contributed by atoms with van der Waals surface area (Å²) in [6, 6.07) is 3.64. The molecule has 27 heavy (non-hydrogen) atoms. The predicted molar refractivity (Wildman–Crippen MR) is 103 cm³/mol. The molecule has 2 aliphatic heterocycles. The Morgan fingerprint density at radius 3 is 2.85 bits per heavy atom. The van der Waals surface area contributed by atoms with Crippen LogP contribution in [-0.4, -0.2) is 40.7 Å². The van der Waals surface area contributed by atoms with Crippen molar-refractivity contribution in [2.45, 2.75) is 39.3 Å². The molecule has 0 unspecified atom stereocenters. The summed E-state index contributed by atoms with van der Waals surface area (Å²) in [5.74, 6) is 1.26. The van der Waals surface area contributed by atoms with Crippen molar-refractivity contribution in [3.63, 3.8) is 0 Å². The first-order valence-corrected chi connectivity index (χ1v) is 9.07. The van der Waals surface area contributed by atoms with E-state index in [0.717, 1.165) is 36.5 Å². The van der Waals surface area contributed by atoms with Gasteiger partial charge in [0.05, 0.1) is 12.2 Å². The summed E-state index contributed by atoms with van der Waals surface area (Å²) in [5, 5.41) is 7.36. The number of hydrogen-bond donors (Lipinski definition) is 1. The highest BCUT2D eigenvalue weighted by Gasteiger charge is 2.32. The number of carbonyl (C=O) groups is 1. The molecule has 1 amide bonds. The van der Waals surface area contributed by atoms with Crippen molar-refractivity contribution in [2.24, 2.45) is 5.92 Å². The van der Waals surface area contributed by atoms with Gasteiger partial charge in [0.1, 0.15) is 11.3 Å². The number of nitrogens with zero attached hydrogens (tertiary/aromatic N) is 3. The van der Waals surface area contributed by atoms with Crippen molar-refractivity contribution in [1.82, 2.24) is 19.9 Å². The fourth-order valence-electron chi connectivity index (χ4n) is 4.20. The van der Waals surface area contributed by atoms with E-state index in [0.29, 0.717) is 30.7 Å². The fraction of sp³-hybridized carbons (Fsp3) is 0.526. The summed E-state index contributed by atoms with van der Waals surface area (Å²) >= 11 is 0. The third-order valence-corrected chi connectivity index (χ3v) is 5.66. The van der Waals surface area contributed by atoms with Crippen LogP contribution in [0.1, 0.15) is 45.4 Å². The molecule has 0 spiro atoms. The second-order valence-electron chi connectivity index (χ2n) is 7.51. The van der Waals surface area contributed by atoms with E-state index >= 15 is 0 Å². The van der Waals surface area contributed by atoms with E-state index in [4.69, 9.17) is 4.52 Å². The Kier molecular flexibility index (Phi) is 5.44. The number of carbonyl (C=O) groups excluding carboxylic acids is 1. The molecule has 4 rings (SSSR count). The van der Waals surface area contributed by atoms with E-state index in [-0.39, 0.29) is 29.4 Å². The molecule has 4 heterocycles. The molecule has 0 aliphatic carbocycles. The fourth-order valence-corrected chi connectivity index (χ4v) is 4.20. The topological polar surface area (TPSA) is 80.4 Å². The van der Waals surface area contributed by atoms with Crippen LogP contribution in [-0.2, 0) is 13.1 Å². The largest absolute Gasteiger partial charge is 0.361 e. The SMILES string of the molecule is Cc1noc(C)c1CN(C)C(=O)c1ccc2n(c1=O)C[C@@H]1CNC[C@H]2C1.Cl. The van der Waals surface area contributed by atoms with Crippen LogP contribution in [0, 0.1) is 19.8 Å².